The molecule has 124 valence electrons. The Morgan fingerprint density at radius 3 is 2.62 bits per heavy atom. The van der Waals surface area contributed by atoms with Gasteiger partial charge in [-0.15, -0.1) is 0 Å². The summed E-state index contributed by atoms with van der Waals surface area (Å²) in [4.78, 5) is 15.1. The standard InChI is InChI=1S/C21H23NO2/c1-2-6-17-15-7-3-4-8-16(15)18-9-5-10-19(20(17)18)21(23)22-11-13-24-14-12-22/h3-5,7-10,17H,2,6,11-14H2,1H3. The predicted octanol–water partition coefficient (Wildman–Crippen LogP) is 4.07. The van der Waals surface area contributed by atoms with E-state index >= 15 is 0 Å². The van der Waals surface area contributed by atoms with Gasteiger partial charge in [0.1, 0.15) is 0 Å². The van der Waals surface area contributed by atoms with Gasteiger partial charge in [0.15, 0.2) is 0 Å². The van der Waals surface area contributed by atoms with Crippen molar-refractivity contribution in [1.29, 1.82) is 0 Å². The molecule has 4 rings (SSSR count). The largest absolute Gasteiger partial charge is 0.378 e. The molecule has 2 aromatic rings. The van der Waals surface area contributed by atoms with E-state index in [2.05, 4.69) is 37.3 Å². The molecule has 2 aromatic carbocycles. The fourth-order valence-corrected chi connectivity index (χ4v) is 4.09. The van der Waals surface area contributed by atoms with Crippen molar-refractivity contribution in [2.75, 3.05) is 26.3 Å². The van der Waals surface area contributed by atoms with Crippen molar-refractivity contribution in [3.63, 3.8) is 0 Å². The van der Waals surface area contributed by atoms with Crippen LogP contribution in [0.1, 0.15) is 47.2 Å². The first kappa shape index (κ1) is 15.4. The molecule has 0 aromatic heterocycles. The van der Waals surface area contributed by atoms with Crippen LogP contribution in [-0.2, 0) is 4.74 Å². The number of benzene rings is 2. The maximum atomic E-state index is 13.1. The minimum Gasteiger partial charge on any atom is -0.378 e. The highest BCUT2D eigenvalue weighted by Crippen LogP contribution is 2.48. The second-order valence-corrected chi connectivity index (χ2v) is 6.60. The molecule has 0 bridgehead atoms. The molecule has 24 heavy (non-hydrogen) atoms. The van der Waals surface area contributed by atoms with Crippen LogP contribution >= 0.6 is 0 Å². The summed E-state index contributed by atoms with van der Waals surface area (Å²) in [6.07, 6.45) is 2.19. The third-order valence-corrected chi connectivity index (χ3v) is 5.19. The van der Waals surface area contributed by atoms with Crippen LogP contribution in [0.25, 0.3) is 11.1 Å². The van der Waals surface area contributed by atoms with E-state index in [1.807, 2.05) is 17.0 Å². The zero-order valence-electron chi connectivity index (χ0n) is 14.1. The van der Waals surface area contributed by atoms with Crippen molar-refractivity contribution in [3.05, 3.63) is 59.2 Å². The Labute approximate surface area is 143 Å². The predicted molar refractivity (Wildman–Crippen MR) is 95.4 cm³/mol. The number of carbonyl (C=O) groups is 1. The number of ether oxygens (including phenoxy) is 1. The molecule has 1 saturated heterocycles. The topological polar surface area (TPSA) is 29.5 Å². The molecule has 1 amide bonds. The van der Waals surface area contributed by atoms with Gasteiger partial charge in [0.05, 0.1) is 13.2 Å². The van der Waals surface area contributed by atoms with E-state index in [-0.39, 0.29) is 5.91 Å². The molecule has 3 heteroatoms. The van der Waals surface area contributed by atoms with Gasteiger partial charge in [-0.2, -0.15) is 0 Å². The number of rotatable bonds is 3. The Morgan fingerprint density at radius 1 is 1.08 bits per heavy atom. The highest BCUT2D eigenvalue weighted by atomic mass is 16.5. The molecule has 1 aliphatic heterocycles. The highest BCUT2D eigenvalue weighted by Gasteiger charge is 2.33. The Kier molecular flexibility index (Phi) is 4.11. The Balaban J connectivity index is 1.80. The van der Waals surface area contributed by atoms with Crippen LogP contribution in [0, 0.1) is 0 Å². The number of fused-ring (bicyclic) bond motifs is 3. The van der Waals surface area contributed by atoms with Gasteiger partial charge < -0.3 is 9.64 Å². The summed E-state index contributed by atoms with van der Waals surface area (Å²) in [5.74, 6) is 0.492. The molecule has 0 spiro atoms. The number of hydrogen-bond donors (Lipinski definition) is 0. The quantitative estimate of drug-likeness (QED) is 0.853. The lowest BCUT2D eigenvalue weighted by Crippen LogP contribution is -2.41. The van der Waals surface area contributed by atoms with Crippen LogP contribution < -0.4 is 0 Å². The fourth-order valence-electron chi connectivity index (χ4n) is 4.09. The van der Waals surface area contributed by atoms with Crippen LogP contribution in [0.15, 0.2) is 42.5 Å². The van der Waals surface area contributed by atoms with E-state index in [9.17, 15) is 4.79 Å². The summed E-state index contributed by atoms with van der Waals surface area (Å²) < 4.78 is 5.39. The van der Waals surface area contributed by atoms with Crippen molar-refractivity contribution in [1.82, 2.24) is 4.90 Å². The average Bonchev–Trinajstić information content (AvgIpc) is 2.97. The molecule has 0 saturated carbocycles. The van der Waals surface area contributed by atoms with Crippen molar-refractivity contribution in [3.8, 4) is 11.1 Å². The molecule has 1 unspecified atom stereocenters. The highest BCUT2D eigenvalue weighted by molar-refractivity contribution is 5.99. The third kappa shape index (κ3) is 2.44. The van der Waals surface area contributed by atoms with Crippen molar-refractivity contribution in [2.45, 2.75) is 25.7 Å². The van der Waals surface area contributed by atoms with Gasteiger partial charge >= 0.3 is 0 Å². The van der Waals surface area contributed by atoms with Crippen LogP contribution in [0.3, 0.4) is 0 Å². The summed E-state index contributed by atoms with van der Waals surface area (Å²) in [6.45, 7) is 4.87. The first-order chi connectivity index (χ1) is 11.8. The lowest BCUT2D eigenvalue weighted by atomic mass is 9.89. The Bertz CT molecular complexity index is 762. The zero-order valence-corrected chi connectivity index (χ0v) is 14.1. The molecule has 1 fully saturated rings. The number of morpholine rings is 1. The molecule has 2 aliphatic rings. The summed E-state index contributed by atoms with van der Waals surface area (Å²) in [5, 5.41) is 0. The Hall–Kier alpha value is -2.13. The van der Waals surface area contributed by atoms with Crippen molar-refractivity contribution < 1.29 is 9.53 Å². The van der Waals surface area contributed by atoms with Gasteiger partial charge in [-0.05, 0) is 34.7 Å². The fraction of sp³-hybridized carbons (Fsp3) is 0.381. The van der Waals surface area contributed by atoms with Gasteiger partial charge in [-0.25, -0.2) is 0 Å². The molecular weight excluding hydrogens is 298 g/mol. The van der Waals surface area contributed by atoms with Gasteiger partial charge in [-0.1, -0.05) is 49.7 Å². The smallest absolute Gasteiger partial charge is 0.254 e. The van der Waals surface area contributed by atoms with Crippen LogP contribution in [0.5, 0.6) is 0 Å². The molecule has 1 heterocycles. The second kappa shape index (κ2) is 6.40. The normalized spacial score (nSPS) is 19.0. The molecule has 0 N–H and O–H groups in total. The first-order valence-corrected chi connectivity index (χ1v) is 8.90. The third-order valence-electron chi connectivity index (χ3n) is 5.19. The van der Waals surface area contributed by atoms with Gasteiger partial charge in [-0.3, -0.25) is 4.79 Å². The molecule has 1 aliphatic carbocycles. The second-order valence-electron chi connectivity index (χ2n) is 6.60. The molecular formula is C21H23NO2. The zero-order chi connectivity index (χ0) is 16.5. The number of amides is 1. The van der Waals surface area contributed by atoms with E-state index < -0.39 is 0 Å². The van der Waals surface area contributed by atoms with Crippen LogP contribution in [-0.4, -0.2) is 37.1 Å². The first-order valence-electron chi connectivity index (χ1n) is 8.90. The van der Waals surface area contributed by atoms with Crippen molar-refractivity contribution >= 4 is 5.91 Å². The van der Waals surface area contributed by atoms with E-state index in [1.165, 1.54) is 22.3 Å². The van der Waals surface area contributed by atoms with Crippen LogP contribution in [0.4, 0.5) is 0 Å². The lowest BCUT2D eigenvalue weighted by Gasteiger charge is -2.28. The van der Waals surface area contributed by atoms with Gasteiger partial charge in [0, 0.05) is 24.6 Å². The number of hydrogen-bond acceptors (Lipinski definition) is 2. The monoisotopic (exact) mass is 321 g/mol. The SMILES string of the molecule is CCCC1c2ccccc2-c2cccc(C(=O)N3CCOCC3)c21. The Morgan fingerprint density at radius 2 is 1.83 bits per heavy atom. The van der Waals surface area contributed by atoms with Crippen LogP contribution in [0.2, 0.25) is 0 Å². The summed E-state index contributed by atoms with van der Waals surface area (Å²) in [7, 11) is 0. The van der Waals surface area contributed by atoms with E-state index in [1.54, 1.807) is 0 Å². The summed E-state index contributed by atoms with van der Waals surface area (Å²) >= 11 is 0. The van der Waals surface area contributed by atoms with E-state index in [0.29, 0.717) is 32.2 Å². The average molecular weight is 321 g/mol. The van der Waals surface area contributed by atoms with E-state index in [0.717, 1.165) is 18.4 Å². The maximum Gasteiger partial charge on any atom is 0.254 e. The molecule has 3 nitrogen and oxygen atoms in total. The van der Waals surface area contributed by atoms with E-state index in [4.69, 9.17) is 4.74 Å². The van der Waals surface area contributed by atoms with Crippen molar-refractivity contribution in [2.24, 2.45) is 0 Å². The minimum absolute atomic E-state index is 0.157. The summed E-state index contributed by atoms with van der Waals surface area (Å²) in [5.41, 5.74) is 6.02. The molecule has 0 radical (unpaired) electrons. The maximum absolute atomic E-state index is 13.1. The summed E-state index contributed by atoms with van der Waals surface area (Å²) in [6, 6.07) is 14.8. The number of carbonyl (C=O) groups excluding carboxylic acids is 1. The van der Waals surface area contributed by atoms with Gasteiger partial charge in [0.2, 0.25) is 0 Å². The lowest BCUT2D eigenvalue weighted by molar-refractivity contribution is 0.0302. The molecule has 1 atom stereocenters. The number of nitrogens with zero attached hydrogens (tertiary/aromatic N) is 1. The minimum atomic E-state index is 0.157. The van der Waals surface area contributed by atoms with Gasteiger partial charge in [0.25, 0.3) is 5.91 Å².